The van der Waals surface area contributed by atoms with Gasteiger partial charge in [-0.2, -0.15) is 13.2 Å². The molecule has 1 aromatic carbocycles. The predicted molar refractivity (Wildman–Crippen MR) is 64.1 cm³/mol. The third-order valence-corrected chi connectivity index (χ3v) is 2.75. The largest absolute Gasteiger partial charge is 0.417 e. The SMILES string of the molecule is CNCc1cn(-c2ccc(Cl)c(C(F)(F)F)c2)nn1. The molecule has 4 nitrogen and oxygen atoms in total. The highest BCUT2D eigenvalue weighted by Crippen LogP contribution is 2.35. The molecule has 2 aromatic rings. The van der Waals surface area contributed by atoms with Crippen LogP contribution in [-0.2, 0) is 12.7 Å². The minimum Gasteiger partial charge on any atom is -0.314 e. The van der Waals surface area contributed by atoms with E-state index in [1.807, 2.05) is 0 Å². The van der Waals surface area contributed by atoms with E-state index in [2.05, 4.69) is 15.6 Å². The first kappa shape index (κ1) is 13.8. The molecule has 0 aliphatic heterocycles. The van der Waals surface area contributed by atoms with E-state index in [4.69, 9.17) is 11.6 Å². The van der Waals surface area contributed by atoms with Gasteiger partial charge in [-0.25, -0.2) is 4.68 Å². The molecule has 1 N–H and O–H groups in total. The highest BCUT2D eigenvalue weighted by Gasteiger charge is 2.33. The third-order valence-electron chi connectivity index (χ3n) is 2.42. The van der Waals surface area contributed by atoms with Crippen LogP contribution in [0.3, 0.4) is 0 Å². The van der Waals surface area contributed by atoms with Gasteiger partial charge in [0.15, 0.2) is 0 Å². The van der Waals surface area contributed by atoms with E-state index >= 15 is 0 Å². The van der Waals surface area contributed by atoms with E-state index in [1.165, 1.54) is 16.8 Å². The van der Waals surface area contributed by atoms with E-state index in [1.54, 1.807) is 13.2 Å². The van der Waals surface area contributed by atoms with Gasteiger partial charge in [0.2, 0.25) is 0 Å². The summed E-state index contributed by atoms with van der Waals surface area (Å²) in [4.78, 5) is 0. The average molecular weight is 291 g/mol. The van der Waals surface area contributed by atoms with Crippen molar-refractivity contribution in [2.24, 2.45) is 0 Å². The van der Waals surface area contributed by atoms with Gasteiger partial charge in [-0.1, -0.05) is 16.8 Å². The monoisotopic (exact) mass is 290 g/mol. The average Bonchev–Trinajstić information content (AvgIpc) is 2.77. The molecule has 0 aliphatic carbocycles. The first-order chi connectivity index (χ1) is 8.91. The molecule has 19 heavy (non-hydrogen) atoms. The first-order valence-electron chi connectivity index (χ1n) is 5.35. The summed E-state index contributed by atoms with van der Waals surface area (Å²) in [6.45, 7) is 0.486. The lowest BCUT2D eigenvalue weighted by atomic mass is 10.2. The zero-order valence-electron chi connectivity index (χ0n) is 9.87. The summed E-state index contributed by atoms with van der Waals surface area (Å²) in [7, 11) is 1.74. The molecule has 0 saturated carbocycles. The molecule has 0 radical (unpaired) electrons. The van der Waals surface area contributed by atoms with Crippen LogP contribution in [-0.4, -0.2) is 22.0 Å². The summed E-state index contributed by atoms with van der Waals surface area (Å²) in [5, 5.41) is 10.1. The Balaban J connectivity index is 2.39. The molecule has 0 bridgehead atoms. The molecule has 0 spiro atoms. The number of rotatable bonds is 3. The lowest BCUT2D eigenvalue weighted by molar-refractivity contribution is -0.137. The maximum atomic E-state index is 12.7. The number of nitrogens with zero attached hydrogens (tertiary/aromatic N) is 3. The second-order valence-electron chi connectivity index (χ2n) is 3.85. The van der Waals surface area contributed by atoms with Crippen LogP contribution in [0, 0.1) is 0 Å². The summed E-state index contributed by atoms with van der Waals surface area (Å²) in [6.07, 6.45) is -2.94. The van der Waals surface area contributed by atoms with Crippen molar-refractivity contribution in [3.05, 3.63) is 40.7 Å². The molecule has 1 aromatic heterocycles. The van der Waals surface area contributed by atoms with Crippen LogP contribution in [0.15, 0.2) is 24.4 Å². The molecule has 2 rings (SSSR count). The molecular weight excluding hydrogens is 281 g/mol. The van der Waals surface area contributed by atoms with Gasteiger partial charge in [0.05, 0.1) is 28.2 Å². The predicted octanol–water partition coefficient (Wildman–Crippen LogP) is 2.66. The van der Waals surface area contributed by atoms with Crippen molar-refractivity contribution >= 4 is 11.6 Å². The zero-order chi connectivity index (χ0) is 14.0. The number of halogens is 4. The van der Waals surface area contributed by atoms with Crippen LogP contribution in [0.4, 0.5) is 13.2 Å². The van der Waals surface area contributed by atoms with Crippen molar-refractivity contribution in [2.45, 2.75) is 12.7 Å². The van der Waals surface area contributed by atoms with Gasteiger partial charge in [0.1, 0.15) is 0 Å². The summed E-state index contributed by atoms with van der Waals surface area (Å²) in [5.41, 5.74) is -0.00470. The fourth-order valence-electron chi connectivity index (χ4n) is 1.56. The maximum Gasteiger partial charge on any atom is 0.417 e. The lowest BCUT2D eigenvalue weighted by Crippen LogP contribution is -2.07. The van der Waals surface area contributed by atoms with Crippen molar-refractivity contribution in [1.29, 1.82) is 0 Å². The molecule has 1 heterocycles. The number of benzene rings is 1. The van der Waals surface area contributed by atoms with Gasteiger partial charge in [-0.3, -0.25) is 0 Å². The zero-order valence-corrected chi connectivity index (χ0v) is 10.6. The fourth-order valence-corrected chi connectivity index (χ4v) is 1.78. The Hall–Kier alpha value is -1.60. The highest BCUT2D eigenvalue weighted by atomic mass is 35.5. The molecule has 0 fully saturated rings. The summed E-state index contributed by atoms with van der Waals surface area (Å²) in [6, 6.07) is 3.59. The Morgan fingerprint density at radius 3 is 2.74 bits per heavy atom. The van der Waals surface area contributed by atoms with E-state index in [9.17, 15) is 13.2 Å². The normalized spacial score (nSPS) is 11.8. The summed E-state index contributed by atoms with van der Waals surface area (Å²) >= 11 is 5.55. The highest BCUT2D eigenvalue weighted by molar-refractivity contribution is 6.31. The van der Waals surface area contributed by atoms with Crippen LogP contribution in [0.25, 0.3) is 5.69 Å². The Labute approximate surface area is 112 Å². The van der Waals surface area contributed by atoms with Crippen molar-refractivity contribution in [1.82, 2.24) is 20.3 Å². The quantitative estimate of drug-likeness (QED) is 0.945. The lowest BCUT2D eigenvalue weighted by Gasteiger charge is -2.10. The number of hydrogen-bond acceptors (Lipinski definition) is 3. The van der Waals surface area contributed by atoms with Gasteiger partial charge in [0.25, 0.3) is 0 Å². The van der Waals surface area contributed by atoms with Gasteiger partial charge in [-0.15, -0.1) is 5.10 Å². The molecule has 0 aliphatic rings. The molecule has 102 valence electrons. The second kappa shape index (κ2) is 5.18. The fraction of sp³-hybridized carbons (Fsp3) is 0.273. The summed E-state index contributed by atoms with van der Waals surface area (Å²) < 4.78 is 39.5. The number of nitrogens with one attached hydrogen (secondary N) is 1. The van der Waals surface area contributed by atoms with Crippen LogP contribution < -0.4 is 5.32 Å². The van der Waals surface area contributed by atoms with E-state index in [0.717, 1.165) is 6.07 Å². The molecule has 8 heteroatoms. The van der Waals surface area contributed by atoms with Crippen LogP contribution >= 0.6 is 11.6 Å². The van der Waals surface area contributed by atoms with Gasteiger partial charge in [-0.05, 0) is 25.2 Å². The number of alkyl halides is 3. The molecule has 0 saturated heterocycles. The van der Waals surface area contributed by atoms with Gasteiger partial charge in [0, 0.05) is 6.54 Å². The Kier molecular flexibility index (Phi) is 3.77. The Bertz CT molecular complexity index is 580. The molecular formula is C11H10ClF3N4. The number of hydrogen-bond donors (Lipinski definition) is 1. The third kappa shape index (κ3) is 3.05. The molecule has 0 amide bonds. The van der Waals surface area contributed by atoms with Crippen LogP contribution in [0.5, 0.6) is 0 Å². The summed E-state index contributed by atoms with van der Waals surface area (Å²) in [5.74, 6) is 0. The standard InChI is InChI=1S/C11H10ClF3N4/c1-16-5-7-6-19(18-17-7)8-2-3-10(12)9(4-8)11(13,14)15/h2-4,6,16H,5H2,1H3. The topological polar surface area (TPSA) is 42.7 Å². The minimum absolute atomic E-state index is 0.256. The molecule has 0 atom stereocenters. The number of aromatic nitrogens is 3. The van der Waals surface area contributed by atoms with Crippen LogP contribution in [0.2, 0.25) is 5.02 Å². The second-order valence-corrected chi connectivity index (χ2v) is 4.25. The minimum atomic E-state index is -4.50. The first-order valence-corrected chi connectivity index (χ1v) is 5.72. The van der Waals surface area contributed by atoms with Crippen molar-refractivity contribution in [3.63, 3.8) is 0 Å². The van der Waals surface area contributed by atoms with E-state index in [0.29, 0.717) is 12.2 Å². The maximum absolute atomic E-state index is 12.7. The van der Waals surface area contributed by atoms with Crippen molar-refractivity contribution < 1.29 is 13.2 Å². The Morgan fingerprint density at radius 1 is 1.37 bits per heavy atom. The Morgan fingerprint density at radius 2 is 2.11 bits per heavy atom. The van der Waals surface area contributed by atoms with Crippen molar-refractivity contribution in [3.8, 4) is 5.69 Å². The van der Waals surface area contributed by atoms with E-state index in [-0.39, 0.29) is 10.7 Å². The van der Waals surface area contributed by atoms with Crippen molar-refractivity contribution in [2.75, 3.05) is 7.05 Å². The molecule has 0 unspecified atom stereocenters. The van der Waals surface area contributed by atoms with Gasteiger partial charge < -0.3 is 5.32 Å². The van der Waals surface area contributed by atoms with Gasteiger partial charge >= 0.3 is 6.18 Å². The smallest absolute Gasteiger partial charge is 0.314 e. The van der Waals surface area contributed by atoms with E-state index < -0.39 is 11.7 Å². The van der Waals surface area contributed by atoms with Crippen LogP contribution in [0.1, 0.15) is 11.3 Å².